The van der Waals surface area contributed by atoms with Crippen LogP contribution in [0.15, 0.2) is 18.2 Å². The molecule has 0 fully saturated rings. The first-order valence-corrected chi connectivity index (χ1v) is 3.91. The topological polar surface area (TPSA) is 38.0 Å². The molecular weight excluding hydrogens is 155 g/mol. The number of hydrogen-bond donors (Lipinski definition) is 2. The Morgan fingerprint density at radius 2 is 2.08 bits per heavy atom. The number of rotatable bonds is 2. The summed E-state index contributed by atoms with van der Waals surface area (Å²) in [6.45, 7) is 3.99. The fraction of sp³-hybridized carbons (Fsp3) is 0.333. The van der Waals surface area contributed by atoms with Crippen molar-refractivity contribution in [1.29, 1.82) is 0 Å². The van der Waals surface area contributed by atoms with Crippen LogP contribution < -0.4 is 11.1 Å². The van der Waals surface area contributed by atoms with E-state index in [0.717, 1.165) is 5.69 Å². The summed E-state index contributed by atoms with van der Waals surface area (Å²) in [5.41, 5.74) is 6.26. The predicted molar refractivity (Wildman–Crippen MR) is 49.6 cm³/mol. The van der Waals surface area contributed by atoms with Crippen LogP contribution in [0.4, 0.5) is 15.8 Å². The smallest absolute Gasteiger partial charge is 0.148 e. The molecule has 0 bridgehead atoms. The number of anilines is 2. The lowest BCUT2D eigenvalue weighted by molar-refractivity contribution is 0.632. The molecule has 0 saturated heterocycles. The zero-order valence-electron chi connectivity index (χ0n) is 7.26. The fourth-order valence-electron chi connectivity index (χ4n) is 0.950. The van der Waals surface area contributed by atoms with Crippen molar-refractivity contribution >= 4 is 11.4 Å². The summed E-state index contributed by atoms with van der Waals surface area (Å²) in [4.78, 5) is 0. The first-order chi connectivity index (χ1) is 5.59. The molecule has 0 aliphatic carbocycles. The van der Waals surface area contributed by atoms with Gasteiger partial charge in [-0.1, -0.05) is 0 Å². The number of nitrogens with two attached hydrogens (primary N) is 1. The van der Waals surface area contributed by atoms with Crippen molar-refractivity contribution < 1.29 is 4.39 Å². The van der Waals surface area contributed by atoms with Gasteiger partial charge in [-0.3, -0.25) is 0 Å². The van der Waals surface area contributed by atoms with Crippen LogP contribution in [0.2, 0.25) is 0 Å². The van der Waals surface area contributed by atoms with Crippen molar-refractivity contribution in [2.75, 3.05) is 11.1 Å². The lowest BCUT2D eigenvalue weighted by Crippen LogP contribution is -2.09. The predicted octanol–water partition coefficient (Wildman–Crippen LogP) is 2.23. The molecule has 3 N–H and O–H groups in total. The van der Waals surface area contributed by atoms with E-state index in [4.69, 9.17) is 5.73 Å². The highest BCUT2D eigenvalue weighted by Crippen LogP contribution is 2.16. The third kappa shape index (κ3) is 2.12. The number of halogens is 1. The van der Waals surface area contributed by atoms with Crippen LogP contribution in [0.5, 0.6) is 0 Å². The van der Waals surface area contributed by atoms with E-state index in [1.54, 1.807) is 12.1 Å². The van der Waals surface area contributed by atoms with Crippen LogP contribution in [0.25, 0.3) is 0 Å². The van der Waals surface area contributed by atoms with Gasteiger partial charge in [0.25, 0.3) is 0 Å². The second kappa shape index (κ2) is 3.43. The van der Waals surface area contributed by atoms with Crippen LogP contribution >= 0.6 is 0 Å². The maximum Gasteiger partial charge on any atom is 0.148 e. The van der Waals surface area contributed by atoms with Crippen LogP contribution in [-0.4, -0.2) is 6.04 Å². The van der Waals surface area contributed by atoms with Crippen molar-refractivity contribution in [1.82, 2.24) is 0 Å². The fourth-order valence-corrected chi connectivity index (χ4v) is 0.950. The van der Waals surface area contributed by atoms with Crippen molar-refractivity contribution in [2.24, 2.45) is 0 Å². The summed E-state index contributed by atoms with van der Waals surface area (Å²) >= 11 is 0. The van der Waals surface area contributed by atoms with Crippen molar-refractivity contribution in [3.8, 4) is 0 Å². The molecule has 2 nitrogen and oxygen atoms in total. The molecule has 0 aliphatic heterocycles. The molecule has 1 aromatic rings. The third-order valence-electron chi connectivity index (χ3n) is 1.46. The number of nitrogen functional groups attached to an aromatic ring is 1. The normalized spacial score (nSPS) is 10.3. The van der Waals surface area contributed by atoms with Gasteiger partial charge in [-0.2, -0.15) is 0 Å². The Labute approximate surface area is 71.6 Å². The van der Waals surface area contributed by atoms with Gasteiger partial charge in [0.05, 0.1) is 5.69 Å². The van der Waals surface area contributed by atoms with Gasteiger partial charge >= 0.3 is 0 Å². The van der Waals surface area contributed by atoms with Crippen molar-refractivity contribution in [3.63, 3.8) is 0 Å². The summed E-state index contributed by atoms with van der Waals surface area (Å²) in [5.74, 6) is -0.374. The van der Waals surface area contributed by atoms with Gasteiger partial charge in [-0.15, -0.1) is 0 Å². The molecule has 1 rings (SSSR count). The minimum absolute atomic E-state index is 0.185. The Kier molecular flexibility index (Phi) is 2.53. The Balaban J connectivity index is 2.82. The Bertz CT molecular complexity index is 271. The Hall–Kier alpha value is -1.25. The molecule has 12 heavy (non-hydrogen) atoms. The molecule has 3 heteroatoms. The van der Waals surface area contributed by atoms with E-state index in [0.29, 0.717) is 6.04 Å². The lowest BCUT2D eigenvalue weighted by atomic mass is 10.2. The highest BCUT2D eigenvalue weighted by Gasteiger charge is 1.99. The van der Waals surface area contributed by atoms with E-state index in [9.17, 15) is 4.39 Å². The number of hydrogen-bond acceptors (Lipinski definition) is 2. The van der Waals surface area contributed by atoms with Gasteiger partial charge in [0, 0.05) is 11.7 Å². The highest BCUT2D eigenvalue weighted by atomic mass is 19.1. The summed E-state index contributed by atoms with van der Waals surface area (Å²) in [6, 6.07) is 5.02. The minimum atomic E-state index is -0.374. The van der Waals surface area contributed by atoms with E-state index < -0.39 is 0 Å². The van der Waals surface area contributed by atoms with E-state index in [2.05, 4.69) is 5.32 Å². The molecule has 66 valence electrons. The van der Waals surface area contributed by atoms with Gasteiger partial charge < -0.3 is 11.1 Å². The quantitative estimate of drug-likeness (QED) is 0.664. The number of nitrogens with one attached hydrogen (secondary N) is 1. The molecular formula is C9H13FN2. The molecule has 0 aromatic heterocycles. The lowest BCUT2D eigenvalue weighted by Gasteiger charge is -2.09. The van der Waals surface area contributed by atoms with Crippen LogP contribution in [0, 0.1) is 5.82 Å². The number of benzene rings is 1. The van der Waals surface area contributed by atoms with Crippen LogP contribution in [0.1, 0.15) is 13.8 Å². The SMILES string of the molecule is CC(C)Nc1ccc(N)c(F)c1. The van der Waals surface area contributed by atoms with E-state index >= 15 is 0 Å². The summed E-state index contributed by atoms with van der Waals surface area (Å²) in [6.07, 6.45) is 0. The Morgan fingerprint density at radius 3 is 2.58 bits per heavy atom. The van der Waals surface area contributed by atoms with E-state index in [1.807, 2.05) is 13.8 Å². The van der Waals surface area contributed by atoms with E-state index in [1.165, 1.54) is 6.07 Å². The third-order valence-corrected chi connectivity index (χ3v) is 1.46. The van der Waals surface area contributed by atoms with Gasteiger partial charge in [0.15, 0.2) is 0 Å². The molecule has 0 unspecified atom stereocenters. The second-order valence-corrected chi connectivity index (χ2v) is 3.04. The molecule has 0 spiro atoms. The average Bonchev–Trinajstić information content (AvgIpc) is 1.96. The first kappa shape index (κ1) is 8.84. The van der Waals surface area contributed by atoms with Crippen molar-refractivity contribution in [2.45, 2.75) is 19.9 Å². The summed E-state index contributed by atoms with van der Waals surface area (Å²) in [7, 11) is 0. The molecule has 0 radical (unpaired) electrons. The zero-order valence-corrected chi connectivity index (χ0v) is 7.26. The van der Waals surface area contributed by atoms with E-state index in [-0.39, 0.29) is 11.5 Å². The Morgan fingerprint density at radius 1 is 1.42 bits per heavy atom. The second-order valence-electron chi connectivity index (χ2n) is 3.04. The first-order valence-electron chi connectivity index (χ1n) is 3.91. The summed E-state index contributed by atoms with van der Waals surface area (Å²) in [5, 5.41) is 3.08. The minimum Gasteiger partial charge on any atom is -0.396 e. The monoisotopic (exact) mass is 168 g/mol. The highest BCUT2D eigenvalue weighted by molar-refractivity contribution is 5.52. The van der Waals surface area contributed by atoms with Gasteiger partial charge in [-0.05, 0) is 32.0 Å². The zero-order chi connectivity index (χ0) is 9.14. The molecule has 0 aliphatic rings. The standard InChI is InChI=1S/C9H13FN2/c1-6(2)12-7-3-4-9(11)8(10)5-7/h3-6,12H,11H2,1-2H3. The summed E-state index contributed by atoms with van der Waals surface area (Å²) < 4.78 is 12.9. The van der Waals surface area contributed by atoms with Crippen LogP contribution in [0.3, 0.4) is 0 Å². The molecule has 0 saturated carbocycles. The van der Waals surface area contributed by atoms with Crippen LogP contribution in [-0.2, 0) is 0 Å². The maximum absolute atomic E-state index is 12.9. The molecule has 1 aromatic carbocycles. The molecule has 0 atom stereocenters. The van der Waals surface area contributed by atoms with Crippen molar-refractivity contribution in [3.05, 3.63) is 24.0 Å². The molecule has 0 amide bonds. The van der Waals surface area contributed by atoms with Gasteiger partial charge in [-0.25, -0.2) is 4.39 Å². The average molecular weight is 168 g/mol. The largest absolute Gasteiger partial charge is 0.396 e. The van der Waals surface area contributed by atoms with Gasteiger partial charge in [0.2, 0.25) is 0 Å². The van der Waals surface area contributed by atoms with Gasteiger partial charge in [0.1, 0.15) is 5.82 Å². The molecule has 0 heterocycles. The maximum atomic E-state index is 12.9.